The van der Waals surface area contributed by atoms with Crippen molar-refractivity contribution in [3.8, 4) is 17.2 Å². The first-order chi connectivity index (χ1) is 16.9. The van der Waals surface area contributed by atoms with E-state index in [9.17, 15) is 9.59 Å². The van der Waals surface area contributed by atoms with Crippen molar-refractivity contribution >= 4 is 35.3 Å². The number of carbonyl (C=O) groups is 2. The van der Waals surface area contributed by atoms with Crippen molar-refractivity contribution in [3.05, 3.63) is 59.9 Å². The Morgan fingerprint density at radius 3 is 2.49 bits per heavy atom. The lowest BCUT2D eigenvalue weighted by atomic mass is 10.2. The lowest BCUT2D eigenvalue weighted by Gasteiger charge is -2.09. The van der Waals surface area contributed by atoms with Gasteiger partial charge in [-0.15, -0.1) is 10.2 Å². The average molecular weight is 498 g/mol. The number of hydrogen-bond acceptors (Lipinski definition) is 8. The van der Waals surface area contributed by atoms with Crippen LogP contribution >= 0.6 is 11.8 Å². The zero-order chi connectivity index (χ0) is 25.2. The standard InChI is InChI=1S/C24H27N5O5S/c1-29-21(14-25-22(30)12-10-16-9-11-19(33-3)20(13-16)34-4)27-28-24(29)35-15-23(31)26-17-7-5-6-8-18(17)32-2/h5-13H,14-15H2,1-4H3,(H,25,30)(H,26,31)/b12-10+. The van der Waals surface area contributed by atoms with Crippen LogP contribution in [0.25, 0.3) is 6.08 Å². The van der Waals surface area contributed by atoms with Crippen LogP contribution in [0.15, 0.2) is 53.7 Å². The highest BCUT2D eigenvalue weighted by Crippen LogP contribution is 2.28. The van der Waals surface area contributed by atoms with Gasteiger partial charge in [0, 0.05) is 13.1 Å². The summed E-state index contributed by atoms with van der Waals surface area (Å²) in [5.74, 6) is 2.00. The van der Waals surface area contributed by atoms with Gasteiger partial charge in [-0.1, -0.05) is 30.0 Å². The van der Waals surface area contributed by atoms with E-state index in [-0.39, 0.29) is 24.1 Å². The molecule has 0 radical (unpaired) electrons. The highest BCUT2D eigenvalue weighted by atomic mass is 32.2. The molecule has 0 unspecified atom stereocenters. The van der Waals surface area contributed by atoms with Crippen molar-refractivity contribution in [1.82, 2.24) is 20.1 Å². The molecule has 11 heteroatoms. The molecule has 0 saturated carbocycles. The summed E-state index contributed by atoms with van der Waals surface area (Å²) in [4.78, 5) is 24.6. The van der Waals surface area contributed by atoms with E-state index in [0.29, 0.717) is 33.9 Å². The Morgan fingerprint density at radius 2 is 1.74 bits per heavy atom. The predicted molar refractivity (Wildman–Crippen MR) is 134 cm³/mol. The van der Waals surface area contributed by atoms with E-state index < -0.39 is 0 Å². The summed E-state index contributed by atoms with van der Waals surface area (Å²) in [6.07, 6.45) is 3.10. The Kier molecular flexibility index (Phi) is 9.13. The van der Waals surface area contributed by atoms with Gasteiger partial charge in [-0.2, -0.15) is 0 Å². The number of aromatic nitrogens is 3. The molecule has 3 aromatic rings. The van der Waals surface area contributed by atoms with Crippen molar-refractivity contribution in [2.24, 2.45) is 7.05 Å². The van der Waals surface area contributed by atoms with Crippen LogP contribution in [0, 0.1) is 0 Å². The predicted octanol–water partition coefficient (Wildman–Crippen LogP) is 2.90. The van der Waals surface area contributed by atoms with Gasteiger partial charge in [0.15, 0.2) is 22.5 Å². The topological polar surface area (TPSA) is 117 Å². The summed E-state index contributed by atoms with van der Waals surface area (Å²) < 4.78 is 17.5. The van der Waals surface area contributed by atoms with Crippen LogP contribution < -0.4 is 24.8 Å². The van der Waals surface area contributed by atoms with Crippen LogP contribution in [-0.4, -0.2) is 53.7 Å². The molecule has 35 heavy (non-hydrogen) atoms. The van der Waals surface area contributed by atoms with Crippen LogP contribution in [0.5, 0.6) is 17.2 Å². The maximum absolute atomic E-state index is 12.3. The fourth-order valence-electron chi connectivity index (χ4n) is 3.04. The monoisotopic (exact) mass is 497 g/mol. The second-order valence-corrected chi connectivity index (χ2v) is 8.10. The molecule has 0 aliphatic carbocycles. The van der Waals surface area contributed by atoms with Gasteiger partial charge in [-0.05, 0) is 35.9 Å². The largest absolute Gasteiger partial charge is 0.495 e. The number of methoxy groups -OCH3 is 3. The van der Waals surface area contributed by atoms with Crippen LogP contribution in [0.4, 0.5) is 5.69 Å². The average Bonchev–Trinajstić information content (AvgIpc) is 3.24. The van der Waals surface area contributed by atoms with E-state index in [2.05, 4.69) is 20.8 Å². The van der Waals surface area contributed by atoms with E-state index in [1.54, 1.807) is 63.3 Å². The number of nitrogens with one attached hydrogen (secondary N) is 2. The van der Waals surface area contributed by atoms with E-state index >= 15 is 0 Å². The van der Waals surface area contributed by atoms with Crippen LogP contribution in [0.3, 0.4) is 0 Å². The van der Waals surface area contributed by atoms with Crippen molar-refractivity contribution < 1.29 is 23.8 Å². The smallest absolute Gasteiger partial charge is 0.244 e. The molecule has 0 saturated heterocycles. The summed E-state index contributed by atoms with van der Waals surface area (Å²) in [6, 6.07) is 12.6. The van der Waals surface area contributed by atoms with Crippen LogP contribution in [0.1, 0.15) is 11.4 Å². The molecule has 2 N–H and O–H groups in total. The molecule has 0 aliphatic rings. The maximum atomic E-state index is 12.3. The van der Waals surface area contributed by atoms with Crippen LogP contribution in [0.2, 0.25) is 0 Å². The highest BCUT2D eigenvalue weighted by molar-refractivity contribution is 7.99. The molecule has 0 aliphatic heterocycles. The molecular formula is C24H27N5O5S. The summed E-state index contributed by atoms with van der Waals surface area (Å²) in [5, 5.41) is 14.4. The number of rotatable bonds is 11. The van der Waals surface area contributed by atoms with Crippen molar-refractivity contribution in [1.29, 1.82) is 0 Å². The van der Waals surface area contributed by atoms with E-state index in [0.717, 1.165) is 5.56 Å². The Balaban J connectivity index is 1.50. The van der Waals surface area contributed by atoms with Gasteiger partial charge >= 0.3 is 0 Å². The van der Waals surface area contributed by atoms with E-state index in [1.807, 2.05) is 18.2 Å². The number of para-hydroxylation sites is 2. The zero-order valence-corrected chi connectivity index (χ0v) is 20.7. The lowest BCUT2D eigenvalue weighted by molar-refractivity contribution is -0.116. The molecule has 0 spiro atoms. The second kappa shape index (κ2) is 12.5. The summed E-state index contributed by atoms with van der Waals surface area (Å²) in [6.45, 7) is 0.187. The second-order valence-electron chi connectivity index (χ2n) is 7.16. The van der Waals surface area contributed by atoms with Gasteiger partial charge < -0.3 is 29.4 Å². The molecule has 184 valence electrons. The minimum atomic E-state index is -0.284. The van der Waals surface area contributed by atoms with E-state index in [4.69, 9.17) is 14.2 Å². The number of hydrogen-bond donors (Lipinski definition) is 2. The molecule has 1 aromatic heterocycles. The highest BCUT2D eigenvalue weighted by Gasteiger charge is 2.13. The van der Waals surface area contributed by atoms with Gasteiger partial charge in [0.05, 0.1) is 39.3 Å². The molecule has 10 nitrogen and oxygen atoms in total. The Bertz CT molecular complexity index is 1210. The minimum Gasteiger partial charge on any atom is -0.495 e. The fourth-order valence-corrected chi connectivity index (χ4v) is 3.77. The van der Waals surface area contributed by atoms with Gasteiger partial charge in [0.1, 0.15) is 5.75 Å². The number of amides is 2. The first-order valence-corrected chi connectivity index (χ1v) is 11.6. The van der Waals surface area contributed by atoms with Gasteiger partial charge in [-0.25, -0.2) is 0 Å². The molecule has 0 atom stereocenters. The number of benzene rings is 2. The molecule has 0 bridgehead atoms. The quantitative estimate of drug-likeness (QED) is 0.307. The molecule has 0 fully saturated rings. The zero-order valence-electron chi connectivity index (χ0n) is 19.9. The summed E-state index contributed by atoms with van der Waals surface area (Å²) in [5.41, 5.74) is 1.39. The fraction of sp³-hybridized carbons (Fsp3) is 0.250. The minimum absolute atomic E-state index is 0.143. The number of thioether (sulfide) groups is 1. The number of anilines is 1. The molecule has 2 aromatic carbocycles. The Morgan fingerprint density at radius 1 is 1.00 bits per heavy atom. The van der Waals surface area contributed by atoms with Gasteiger partial charge in [0.25, 0.3) is 0 Å². The van der Waals surface area contributed by atoms with E-state index in [1.165, 1.54) is 17.8 Å². The van der Waals surface area contributed by atoms with Gasteiger partial charge in [-0.3, -0.25) is 9.59 Å². The molecular weight excluding hydrogens is 470 g/mol. The normalized spacial score (nSPS) is 10.7. The van der Waals surface area contributed by atoms with Crippen LogP contribution in [-0.2, 0) is 23.2 Å². The Hall–Kier alpha value is -3.99. The Labute approximate surface area is 207 Å². The third-order valence-electron chi connectivity index (χ3n) is 4.89. The third-order valence-corrected chi connectivity index (χ3v) is 5.91. The molecule has 3 rings (SSSR count). The van der Waals surface area contributed by atoms with Crippen molar-refractivity contribution in [3.63, 3.8) is 0 Å². The first-order valence-electron chi connectivity index (χ1n) is 10.6. The molecule has 2 amide bonds. The lowest BCUT2D eigenvalue weighted by Crippen LogP contribution is -2.22. The van der Waals surface area contributed by atoms with Crippen molar-refractivity contribution in [2.45, 2.75) is 11.7 Å². The number of ether oxygens (including phenoxy) is 3. The number of carbonyl (C=O) groups excluding carboxylic acids is 2. The third kappa shape index (κ3) is 7.00. The first kappa shape index (κ1) is 25.6. The summed E-state index contributed by atoms with van der Waals surface area (Å²) >= 11 is 1.24. The van der Waals surface area contributed by atoms with Crippen molar-refractivity contribution in [2.75, 3.05) is 32.4 Å². The molecule has 1 heterocycles. The summed E-state index contributed by atoms with van der Waals surface area (Å²) in [7, 11) is 6.44. The maximum Gasteiger partial charge on any atom is 0.244 e. The SMILES string of the molecule is COc1ccccc1NC(=O)CSc1nnc(CNC(=O)/C=C/c2ccc(OC)c(OC)c2)n1C. The van der Waals surface area contributed by atoms with Gasteiger partial charge in [0.2, 0.25) is 11.8 Å². The number of nitrogens with zero attached hydrogens (tertiary/aromatic N) is 3.